The Bertz CT molecular complexity index is 2130. The summed E-state index contributed by atoms with van der Waals surface area (Å²) >= 11 is 1.19. The van der Waals surface area contributed by atoms with Gasteiger partial charge >= 0.3 is 0 Å². The number of phenolic OH excluding ortho intramolecular Hbond substituents is 1. The van der Waals surface area contributed by atoms with Crippen molar-refractivity contribution in [2.24, 2.45) is 10.8 Å². The second kappa shape index (κ2) is 16.4. The van der Waals surface area contributed by atoms with Gasteiger partial charge in [-0.15, -0.1) is 16.4 Å². The van der Waals surface area contributed by atoms with Crippen molar-refractivity contribution in [3.05, 3.63) is 76.7 Å². The van der Waals surface area contributed by atoms with E-state index in [2.05, 4.69) is 30.8 Å². The lowest BCUT2D eigenvalue weighted by atomic mass is 9.47. The van der Waals surface area contributed by atoms with Crippen molar-refractivity contribution in [2.75, 3.05) is 64.6 Å². The third-order valence-corrected chi connectivity index (χ3v) is 11.8. The first-order valence-electron chi connectivity index (χ1n) is 18.9. The average Bonchev–Trinajstić information content (AvgIpc) is 3.93. The van der Waals surface area contributed by atoms with Gasteiger partial charge in [0.05, 0.1) is 57.8 Å². The molecule has 3 aliphatic heterocycles. The average molecular weight is 803 g/mol. The maximum absolute atomic E-state index is 14.3. The number of phenols is 1. The Morgan fingerprint density at radius 3 is 2.49 bits per heavy atom. The molecule has 4 aliphatic rings. The molecule has 4 aromatic rings. The lowest BCUT2D eigenvalue weighted by molar-refractivity contribution is -0.178. The Morgan fingerprint density at radius 1 is 1.00 bits per heavy atom. The van der Waals surface area contributed by atoms with Crippen LogP contribution in [0.3, 0.4) is 0 Å². The number of halogens is 1. The summed E-state index contributed by atoms with van der Waals surface area (Å²) in [6.45, 7) is 6.10. The van der Waals surface area contributed by atoms with Gasteiger partial charge in [0.25, 0.3) is 11.8 Å². The number of hydrogen-bond acceptors (Lipinski definition) is 13. The third kappa shape index (κ3) is 8.31. The van der Waals surface area contributed by atoms with E-state index in [1.807, 2.05) is 6.07 Å². The molecule has 18 heteroatoms. The van der Waals surface area contributed by atoms with E-state index >= 15 is 0 Å². The van der Waals surface area contributed by atoms with Gasteiger partial charge in [-0.05, 0) is 54.5 Å². The third-order valence-electron chi connectivity index (χ3n) is 11.2. The molecule has 1 atom stereocenters. The monoisotopic (exact) mass is 802 g/mol. The highest BCUT2D eigenvalue weighted by Crippen LogP contribution is 2.61. The highest BCUT2D eigenvalue weighted by molar-refractivity contribution is 7.13. The predicted molar refractivity (Wildman–Crippen MR) is 202 cm³/mol. The fourth-order valence-electron chi connectivity index (χ4n) is 8.57. The zero-order valence-corrected chi connectivity index (χ0v) is 32.0. The fourth-order valence-corrected chi connectivity index (χ4v) is 9.10. The topological polar surface area (TPSA) is 190 Å². The first-order valence-corrected chi connectivity index (χ1v) is 19.8. The van der Waals surface area contributed by atoms with Gasteiger partial charge in [-0.25, -0.2) is 14.1 Å². The van der Waals surface area contributed by atoms with Crippen molar-refractivity contribution in [3.8, 4) is 17.0 Å². The molecule has 3 fully saturated rings. The number of nitrogens with one attached hydrogen (secondary N) is 2. The van der Waals surface area contributed by atoms with E-state index in [4.69, 9.17) is 14.2 Å². The predicted octanol–water partition coefficient (Wildman–Crippen LogP) is 3.15. The first-order chi connectivity index (χ1) is 27.6. The molecule has 300 valence electrons. The van der Waals surface area contributed by atoms with Gasteiger partial charge in [-0.2, -0.15) is 0 Å². The van der Waals surface area contributed by atoms with E-state index in [1.54, 1.807) is 28.4 Å². The standard InChI is InChI=1S/C39H43FN8O8S/c40-27-3-4-31(49)29(18-27)33(34(51)43-37-41-7-16-57-37)48-19-26-2-1-25(17-28(26)35(48)52)30-20-47(45-44-30)9-11-55-13-15-56-14-12-54-10-8-46-23-38(24-46)21-39(22-38)6-5-32(50)42-36(39)53/h1-4,7,16-18,20,33,49H,5-6,8-15,19,21-24H2,(H,41,43,51)(H,42,50,53). The molecule has 2 spiro atoms. The van der Waals surface area contributed by atoms with E-state index < -0.39 is 23.7 Å². The van der Waals surface area contributed by atoms with Crippen molar-refractivity contribution in [2.45, 2.75) is 44.8 Å². The highest BCUT2D eigenvalue weighted by atomic mass is 32.1. The summed E-state index contributed by atoms with van der Waals surface area (Å²) < 4.78 is 33.1. The van der Waals surface area contributed by atoms with Crippen LogP contribution < -0.4 is 10.6 Å². The molecule has 2 saturated heterocycles. The van der Waals surface area contributed by atoms with Crippen molar-refractivity contribution >= 4 is 40.1 Å². The Labute approximate surface area is 331 Å². The van der Waals surface area contributed by atoms with E-state index in [1.165, 1.54) is 22.4 Å². The summed E-state index contributed by atoms with van der Waals surface area (Å²) in [5.74, 6) is -2.30. The Balaban J connectivity index is 0.730. The van der Waals surface area contributed by atoms with E-state index in [0.717, 1.165) is 50.7 Å². The van der Waals surface area contributed by atoms with Gasteiger partial charge in [-0.3, -0.25) is 34.7 Å². The number of likely N-dealkylation sites (tertiary alicyclic amines) is 1. The number of carbonyl (C=O) groups excluding carboxylic acids is 4. The van der Waals surface area contributed by atoms with E-state index in [9.17, 15) is 28.7 Å². The molecule has 1 aliphatic carbocycles. The number of carbonyl (C=O) groups is 4. The van der Waals surface area contributed by atoms with Crippen LogP contribution in [0.5, 0.6) is 5.75 Å². The molecular weight excluding hydrogens is 760 g/mol. The zero-order valence-electron chi connectivity index (χ0n) is 31.2. The molecule has 1 unspecified atom stereocenters. The minimum Gasteiger partial charge on any atom is -0.508 e. The number of aromatic hydroxyl groups is 1. The molecule has 0 radical (unpaired) electrons. The highest BCUT2D eigenvalue weighted by Gasteiger charge is 2.63. The quantitative estimate of drug-likeness (QED) is 0.105. The Kier molecular flexibility index (Phi) is 11.1. The second-order valence-corrected chi connectivity index (χ2v) is 16.1. The Hall–Kier alpha value is -5.14. The minimum absolute atomic E-state index is 0.0403. The molecule has 57 heavy (non-hydrogen) atoms. The number of anilines is 1. The Morgan fingerprint density at radius 2 is 1.75 bits per heavy atom. The van der Waals surface area contributed by atoms with Crippen LogP contribution in [0.4, 0.5) is 9.52 Å². The van der Waals surface area contributed by atoms with E-state index in [0.29, 0.717) is 86.5 Å². The summed E-state index contributed by atoms with van der Waals surface area (Å²) in [5.41, 5.74) is 2.09. The van der Waals surface area contributed by atoms with Crippen LogP contribution in [0.25, 0.3) is 11.3 Å². The summed E-state index contributed by atoms with van der Waals surface area (Å²) in [4.78, 5) is 58.8. The number of nitrogens with zero attached hydrogens (tertiary/aromatic N) is 6. The van der Waals surface area contributed by atoms with Crippen LogP contribution in [0.15, 0.2) is 54.2 Å². The molecule has 5 heterocycles. The first kappa shape index (κ1) is 38.7. The van der Waals surface area contributed by atoms with Gasteiger partial charge in [0.15, 0.2) is 5.13 Å². The molecule has 1 saturated carbocycles. The molecule has 2 aromatic carbocycles. The molecule has 16 nitrogen and oxygen atoms in total. The number of rotatable bonds is 17. The maximum atomic E-state index is 14.3. The molecular formula is C39H43FN8O8S. The number of benzene rings is 2. The van der Waals surface area contributed by atoms with Crippen molar-refractivity contribution in [1.29, 1.82) is 0 Å². The zero-order chi connectivity index (χ0) is 39.6. The van der Waals surface area contributed by atoms with Gasteiger partial charge < -0.3 is 24.2 Å². The number of ether oxygens (including phenoxy) is 3. The van der Waals surface area contributed by atoms with Crippen LogP contribution >= 0.6 is 11.3 Å². The van der Waals surface area contributed by atoms with Crippen molar-refractivity contribution in [3.63, 3.8) is 0 Å². The van der Waals surface area contributed by atoms with Crippen LogP contribution in [-0.2, 0) is 41.7 Å². The van der Waals surface area contributed by atoms with Crippen LogP contribution in [-0.4, -0.2) is 118 Å². The largest absolute Gasteiger partial charge is 0.508 e. The molecule has 2 aromatic heterocycles. The number of fused-ring (bicyclic) bond motifs is 1. The molecule has 4 amide bonds. The summed E-state index contributed by atoms with van der Waals surface area (Å²) in [6, 6.07) is 7.26. The second-order valence-electron chi connectivity index (χ2n) is 15.2. The summed E-state index contributed by atoms with van der Waals surface area (Å²) in [7, 11) is 0. The maximum Gasteiger partial charge on any atom is 0.255 e. The van der Waals surface area contributed by atoms with Crippen molar-refractivity contribution in [1.82, 2.24) is 35.1 Å². The van der Waals surface area contributed by atoms with Crippen LogP contribution in [0.1, 0.15) is 53.2 Å². The SMILES string of the molecule is O=C1CCC2(CC3(CN(CCOCCOCCOCCn4cc(-c5ccc6c(c5)C(=O)N(C(C(=O)Nc5nccs5)c5cc(F)ccc5O)C6)nn4)C3)C2)C(=O)N1. The summed E-state index contributed by atoms with van der Waals surface area (Å²) in [5, 5.41) is 26.3. The van der Waals surface area contributed by atoms with E-state index in [-0.39, 0.29) is 40.5 Å². The summed E-state index contributed by atoms with van der Waals surface area (Å²) in [6.07, 6.45) is 6.15. The number of amides is 4. The number of thiazole rings is 1. The van der Waals surface area contributed by atoms with Crippen LogP contribution in [0, 0.1) is 16.6 Å². The molecule has 0 bridgehead atoms. The molecule has 8 rings (SSSR count). The van der Waals surface area contributed by atoms with Gasteiger partial charge in [0.2, 0.25) is 11.8 Å². The number of hydrogen-bond donors (Lipinski definition) is 3. The lowest BCUT2D eigenvalue weighted by Gasteiger charge is -2.64. The van der Waals surface area contributed by atoms with Crippen molar-refractivity contribution < 1.29 is 42.9 Å². The van der Waals surface area contributed by atoms with Crippen LogP contribution in [0.2, 0.25) is 0 Å². The lowest BCUT2D eigenvalue weighted by Crippen LogP contribution is -2.69. The molecule has 3 N–H and O–H groups in total. The normalized spacial score (nSPS) is 18.7. The smallest absolute Gasteiger partial charge is 0.255 e. The number of aromatic nitrogens is 4. The minimum atomic E-state index is -1.33. The van der Waals surface area contributed by atoms with Gasteiger partial charge in [-0.1, -0.05) is 17.3 Å². The number of piperidine rings is 1. The number of imide groups is 1. The fraction of sp³-hybridized carbons (Fsp3) is 0.462. The van der Waals surface area contributed by atoms with Gasteiger partial charge in [0.1, 0.15) is 23.3 Å². The van der Waals surface area contributed by atoms with Gasteiger partial charge in [0, 0.05) is 60.9 Å².